The van der Waals surface area contributed by atoms with Gasteiger partial charge in [-0.2, -0.15) is 0 Å². The number of hydrogen-bond acceptors (Lipinski definition) is 5. The zero-order chi connectivity index (χ0) is 17.1. The molecule has 2 saturated heterocycles. The number of nitrogens with zero attached hydrogens (tertiary/aromatic N) is 1. The summed E-state index contributed by atoms with van der Waals surface area (Å²) in [5.74, 6) is -0.399. The normalized spacial score (nSPS) is 24.3. The molecule has 0 aliphatic carbocycles. The Labute approximate surface area is 140 Å². The molecule has 0 aromatic heterocycles. The van der Waals surface area contributed by atoms with Gasteiger partial charge in [0.1, 0.15) is 6.04 Å². The lowest BCUT2D eigenvalue weighted by atomic mass is 10.1. The lowest BCUT2D eigenvalue weighted by molar-refractivity contribution is -0.139. The third-order valence-electron chi connectivity index (χ3n) is 4.32. The molecule has 2 aliphatic rings. The molecule has 24 heavy (non-hydrogen) atoms. The van der Waals surface area contributed by atoms with Crippen LogP contribution in [0.4, 0.5) is 5.69 Å². The van der Waals surface area contributed by atoms with Crippen molar-refractivity contribution in [3.8, 4) is 0 Å². The van der Waals surface area contributed by atoms with Crippen LogP contribution in [-0.2, 0) is 25.7 Å². The number of imide groups is 1. The number of hydrogen-bond donors (Lipinski definition) is 2. The Kier molecular flexibility index (Phi) is 4.92. The van der Waals surface area contributed by atoms with Crippen LogP contribution in [-0.4, -0.2) is 47.9 Å². The van der Waals surface area contributed by atoms with Gasteiger partial charge in [0.2, 0.25) is 17.7 Å². The van der Waals surface area contributed by atoms with E-state index >= 15 is 0 Å². The van der Waals surface area contributed by atoms with Crippen LogP contribution in [0.5, 0.6) is 0 Å². The SMILES string of the molecule is C[C@H]1OCCN[C@@H]1C(=O)Nc1ccc(CN2C(=O)CCC2=O)cc1. The van der Waals surface area contributed by atoms with E-state index < -0.39 is 0 Å². The van der Waals surface area contributed by atoms with Crippen LogP contribution in [0, 0.1) is 0 Å². The fourth-order valence-electron chi connectivity index (χ4n) is 2.92. The Morgan fingerprint density at radius 3 is 2.54 bits per heavy atom. The summed E-state index contributed by atoms with van der Waals surface area (Å²) >= 11 is 0. The molecule has 0 saturated carbocycles. The molecule has 2 heterocycles. The van der Waals surface area contributed by atoms with Crippen LogP contribution in [0.3, 0.4) is 0 Å². The number of morpholine rings is 1. The second kappa shape index (κ2) is 7.11. The van der Waals surface area contributed by atoms with Gasteiger partial charge in [-0.3, -0.25) is 19.3 Å². The molecule has 2 atom stereocenters. The second-order valence-corrected chi connectivity index (χ2v) is 6.07. The van der Waals surface area contributed by atoms with Crippen molar-refractivity contribution in [3.05, 3.63) is 29.8 Å². The number of anilines is 1. The minimum atomic E-state index is -0.377. The summed E-state index contributed by atoms with van der Waals surface area (Å²) in [7, 11) is 0. The third-order valence-corrected chi connectivity index (χ3v) is 4.32. The molecule has 7 heteroatoms. The van der Waals surface area contributed by atoms with E-state index in [0.717, 1.165) is 5.56 Å². The molecule has 2 aliphatic heterocycles. The topological polar surface area (TPSA) is 87.7 Å². The monoisotopic (exact) mass is 331 g/mol. The van der Waals surface area contributed by atoms with Crippen molar-refractivity contribution < 1.29 is 19.1 Å². The van der Waals surface area contributed by atoms with E-state index in [1.807, 2.05) is 19.1 Å². The molecular weight excluding hydrogens is 310 g/mol. The molecular formula is C17H21N3O4. The average molecular weight is 331 g/mol. The van der Waals surface area contributed by atoms with Gasteiger partial charge in [0.15, 0.2) is 0 Å². The third kappa shape index (κ3) is 3.63. The van der Waals surface area contributed by atoms with Crippen LogP contribution in [0.15, 0.2) is 24.3 Å². The van der Waals surface area contributed by atoms with Crippen molar-refractivity contribution in [3.63, 3.8) is 0 Å². The van der Waals surface area contributed by atoms with E-state index in [2.05, 4.69) is 10.6 Å². The minimum absolute atomic E-state index is 0.130. The Bertz CT molecular complexity index is 628. The van der Waals surface area contributed by atoms with Crippen molar-refractivity contribution in [1.82, 2.24) is 10.2 Å². The van der Waals surface area contributed by atoms with Gasteiger partial charge in [0, 0.05) is 25.1 Å². The van der Waals surface area contributed by atoms with Crippen molar-refractivity contribution in [1.29, 1.82) is 0 Å². The van der Waals surface area contributed by atoms with E-state index in [1.54, 1.807) is 12.1 Å². The van der Waals surface area contributed by atoms with Crippen LogP contribution in [0.25, 0.3) is 0 Å². The number of carbonyl (C=O) groups excluding carboxylic acids is 3. The first-order chi connectivity index (χ1) is 11.5. The Balaban J connectivity index is 1.59. The van der Waals surface area contributed by atoms with E-state index in [-0.39, 0.29) is 36.4 Å². The minimum Gasteiger partial charge on any atom is -0.375 e. The fraction of sp³-hybridized carbons (Fsp3) is 0.471. The maximum atomic E-state index is 12.3. The predicted molar refractivity (Wildman–Crippen MR) is 87.1 cm³/mol. The maximum absolute atomic E-state index is 12.3. The van der Waals surface area contributed by atoms with Crippen molar-refractivity contribution >= 4 is 23.4 Å². The maximum Gasteiger partial charge on any atom is 0.244 e. The zero-order valence-corrected chi connectivity index (χ0v) is 13.6. The molecule has 3 amide bonds. The first-order valence-corrected chi connectivity index (χ1v) is 8.12. The number of carbonyl (C=O) groups is 3. The van der Waals surface area contributed by atoms with Gasteiger partial charge >= 0.3 is 0 Å². The summed E-state index contributed by atoms with van der Waals surface area (Å²) < 4.78 is 5.47. The van der Waals surface area contributed by atoms with Crippen LogP contribution >= 0.6 is 0 Å². The molecule has 0 unspecified atom stereocenters. The van der Waals surface area contributed by atoms with Crippen molar-refractivity contribution in [2.24, 2.45) is 0 Å². The highest BCUT2D eigenvalue weighted by atomic mass is 16.5. The molecule has 2 N–H and O–H groups in total. The Hall–Kier alpha value is -2.25. The van der Waals surface area contributed by atoms with Gasteiger partial charge < -0.3 is 15.4 Å². The molecule has 7 nitrogen and oxygen atoms in total. The standard InChI is InChI=1S/C17H21N3O4/c1-11-16(18-8-9-24-11)17(23)19-13-4-2-12(3-5-13)10-20-14(21)6-7-15(20)22/h2-5,11,16,18H,6-10H2,1H3,(H,19,23)/t11-,16+/m1/s1. The summed E-state index contributed by atoms with van der Waals surface area (Å²) in [6.07, 6.45) is 0.411. The molecule has 0 bridgehead atoms. The number of amides is 3. The van der Waals surface area contributed by atoms with Gasteiger partial charge in [0.05, 0.1) is 19.3 Å². The van der Waals surface area contributed by atoms with Gasteiger partial charge in [-0.15, -0.1) is 0 Å². The molecule has 128 valence electrons. The van der Waals surface area contributed by atoms with Crippen LogP contribution < -0.4 is 10.6 Å². The highest BCUT2D eigenvalue weighted by Gasteiger charge is 2.29. The van der Waals surface area contributed by atoms with Crippen LogP contribution in [0.2, 0.25) is 0 Å². The van der Waals surface area contributed by atoms with Crippen molar-refractivity contribution in [2.75, 3.05) is 18.5 Å². The van der Waals surface area contributed by atoms with E-state index in [4.69, 9.17) is 4.74 Å². The summed E-state index contributed by atoms with van der Waals surface area (Å²) in [5, 5.41) is 5.99. The molecule has 1 aromatic rings. The van der Waals surface area contributed by atoms with Gasteiger partial charge in [-0.25, -0.2) is 0 Å². The van der Waals surface area contributed by atoms with Crippen LogP contribution in [0.1, 0.15) is 25.3 Å². The lowest BCUT2D eigenvalue weighted by Crippen LogP contribution is -2.53. The molecule has 3 rings (SSSR count). The first-order valence-electron chi connectivity index (χ1n) is 8.12. The molecule has 0 radical (unpaired) electrons. The fourth-order valence-corrected chi connectivity index (χ4v) is 2.92. The Morgan fingerprint density at radius 2 is 1.92 bits per heavy atom. The largest absolute Gasteiger partial charge is 0.375 e. The summed E-state index contributed by atoms with van der Waals surface area (Å²) in [5.41, 5.74) is 1.52. The molecule has 0 spiro atoms. The number of likely N-dealkylation sites (tertiary alicyclic amines) is 1. The highest BCUT2D eigenvalue weighted by molar-refractivity contribution is 6.01. The number of ether oxygens (including phenoxy) is 1. The van der Waals surface area contributed by atoms with E-state index in [1.165, 1.54) is 4.90 Å². The number of nitrogens with one attached hydrogen (secondary N) is 2. The average Bonchev–Trinajstić information content (AvgIpc) is 2.89. The first kappa shape index (κ1) is 16.6. The summed E-state index contributed by atoms with van der Waals surface area (Å²) in [6, 6.07) is 6.78. The smallest absolute Gasteiger partial charge is 0.244 e. The summed E-state index contributed by atoms with van der Waals surface area (Å²) in [6.45, 7) is 3.40. The predicted octanol–water partition coefficient (Wildman–Crippen LogP) is 0.651. The molecule has 1 aromatic carbocycles. The Morgan fingerprint density at radius 1 is 1.25 bits per heavy atom. The van der Waals surface area contributed by atoms with Crippen molar-refractivity contribution in [2.45, 2.75) is 38.5 Å². The molecule has 2 fully saturated rings. The van der Waals surface area contributed by atoms with Gasteiger partial charge in [-0.05, 0) is 24.6 Å². The second-order valence-electron chi connectivity index (χ2n) is 6.07. The number of rotatable bonds is 4. The number of benzene rings is 1. The van der Waals surface area contributed by atoms with Gasteiger partial charge in [-0.1, -0.05) is 12.1 Å². The quantitative estimate of drug-likeness (QED) is 0.791. The lowest BCUT2D eigenvalue weighted by Gasteiger charge is -2.29. The summed E-state index contributed by atoms with van der Waals surface area (Å²) in [4.78, 5) is 36.8. The van der Waals surface area contributed by atoms with E-state index in [9.17, 15) is 14.4 Å². The highest BCUT2D eigenvalue weighted by Crippen LogP contribution is 2.18. The van der Waals surface area contributed by atoms with Gasteiger partial charge in [0.25, 0.3) is 0 Å². The zero-order valence-electron chi connectivity index (χ0n) is 13.6. The van der Waals surface area contributed by atoms with E-state index in [0.29, 0.717) is 31.7 Å².